The number of rotatable bonds is 2. The molecule has 24 heavy (non-hydrogen) atoms. The van der Waals surface area contributed by atoms with Crippen LogP contribution in [0, 0.1) is 0 Å². The molecule has 7 heteroatoms. The average molecular weight is 336 g/mol. The van der Waals surface area contributed by atoms with Crippen molar-refractivity contribution in [3.63, 3.8) is 0 Å². The van der Waals surface area contributed by atoms with Crippen molar-refractivity contribution < 1.29 is 0 Å². The molecule has 0 radical (unpaired) electrons. The van der Waals surface area contributed by atoms with Gasteiger partial charge in [0.25, 0.3) is 0 Å². The second-order valence-corrected chi connectivity index (χ2v) is 7.02. The standard InChI is InChI=1S/C17H16N6S/c1-2-8-23-14(5-1)20-21-16(23)12-4-3-7-22(10-12)17-15-13(6-9-24-15)18-11-19-17/h1-2,5-6,8-9,11-12H,3-4,7,10H2. The predicted molar refractivity (Wildman–Crippen MR) is 94.6 cm³/mol. The maximum Gasteiger partial charge on any atom is 0.160 e. The van der Waals surface area contributed by atoms with Crippen LogP contribution in [0.5, 0.6) is 0 Å². The van der Waals surface area contributed by atoms with Crippen molar-refractivity contribution in [1.82, 2.24) is 24.6 Å². The van der Waals surface area contributed by atoms with Crippen molar-refractivity contribution in [3.05, 3.63) is 48.0 Å². The van der Waals surface area contributed by atoms with E-state index >= 15 is 0 Å². The molecule has 0 aromatic carbocycles. The van der Waals surface area contributed by atoms with Gasteiger partial charge in [-0.1, -0.05) is 6.07 Å². The first kappa shape index (κ1) is 13.9. The Kier molecular flexibility index (Phi) is 3.19. The summed E-state index contributed by atoms with van der Waals surface area (Å²) in [6.45, 7) is 1.94. The number of pyridine rings is 1. The van der Waals surface area contributed by atoms with Crippen molar-refractivity contribution >= 4 is 33.0 Å². The summed E-state index contributed by atoms with van der Waals surface area (Å²) in [7, 11) is 0. The van der Waals surface area contributed by atoms with Crippen molar-refractivity contribution in [1.29, 1.82) is 0 Å². The summed E-state index contributed by atoms with van der Waals surface area (Å²) in [4.78, 5) is 11.3. The predicted octanol–water partition coefficient (Wildman–Crippen LogP) is 3.12. The molecule has 1 aliphatic heterocycles. The zero-order valence-corrected chi connectivity index (χ0v) is 13.9. The molecule has 0 amide bonds. The van der Waals surface area contributed by atoms with Gasteiger partial charge in [0.05, 0.1) is 10.2 Å². The molecule has 5 heterocycles. The molecule has 0 aliphatic carbocycles. The van der Waals surface area contributed by atoms with Crippen LogP contribution in [0.3, 0.4) is 0 Å². The number of piperidine rings is 1. The monoisotopic (exact) mass is 336 g/mol. The Morgan fingerprint density at radius 1 is 1.12 bits per heavy atom. The van der Waals surface area contributed by atoms with E-state index in [0.717, 1.165) is 48.7 Å². The molecule has 1 fully saturated rings. The lowest BCUT2D eigenvalue weighted by Gasteiger charge is -2.32. The maximum atomic E-state index is 4.56. The average Bonchev–Trinajstić information content (AvgIpc) is 3.28. The molecule has 4 aromatic rings. The summed E-state index contributed by atoms with van der Waals surface area (Å²) >= 11 is 1.71. The second-order valence-electron chi connectivity index (χ2n) is 6.10. The van der Waals surface area contributed by atoms with Crippen LogP contribution in [-0.4, -0.2) is 37.7 Å². The van der Waals surface area contributed by atoms with Gasteiger partial charge in [-0.3, -0.25) is 4.40 Å². The van der Waals surface area contributed by atoms with Crippen molar-refractivity contribution in [2.45, 2.75) is 18.8 Å². The van der Waals surface area contributed by atoms with E-state index in [9.17, 15) is 0 Å². The molecule has 1 unspecified atom stereocenters. The van der Waals surface area contributed by atoms with Crippen LogP contribution in [0.25, 0.3) is 15.9 Å². The van der Waals surface area contributed by atoms with Gasteiger partial charge in [-0.15, -0.1) is 21.5 Å². The maximum absolute atomic E-state index is 4.56. The highest BCUT2D eigenvalue weighted by atomic mass is 32.1. The Hall–Kier alpha value is -2.54. The van der Waals surface area contributed by atoms with E-state index in [4.69, 9.17) is 0 Å². The lowest BCUT2D eigenvalue weighted by Crippen LogP contribution is -2.35. The SMILES string of the molecule is c1ccn2c(C3CCCN(c4ncnc5ccsc45)C3)nnc2c1. The number of aromatic nitrogens is 5. The number of thiophene rings is 1. The van der Waals surface area contributed by atoms with Crippen molar-refractivity contribution in [3.8, 4) is 0 Å². The number of hydrogen-bond donors (Lipinski definition) is 0. The summed E-state index contributed by atoms with van der Waals surface area (Å²) in [5.74, 6) is 2.46. The lowest BCUT2D eigenvalue weighted by molar-refractivity contribution is 0.486. The Morgan fingerprint density at radius 2 is 2.12 bits per heavy atom. The highest BCUT2D eigenvalue weighted by molar-refractivity contribution is 7.17. The summed E-state index contributed by atoms with van der Waals surface area (Å²) < 4.78 is 3.28. The summed E-state index contributed by atoms with van der Waals surface area (Å²) in [6.07, 6.45) is 5.97. The normalized spacial score (nSPS) is 18.5. The van der Waals surface area contributed by atoms with Gasteiger partial charge >= 0.3 is 0 Å². The third kappa shape index (κ3) is 2.16. The Balaban J connectivity index is 1.51. The van der Waals surface area contributed by atoms with Crippen LogP contribution < -0.4 is 4.90 Å². The molecule has 1 aliphatic rings. The summed E-state index contributed by atoms with van der Waals surface area (Å²) in [6, 6.07) is 8.07. The zero-order valence-electron chi connectivity index (χ0n) is 13.0. The number of hydrogen-bond acceptors (Lipinski definition) is 6. The zero-order chi connectivity index (χ0) is 15.9. The molecule has 0 N–H and O–H groups in total. The molecule has 1 saturated heterocycles. The van der Waals surface area contributed by atoms with Crippen molar-refractivity contribution in [2.24, 2.45) is 0 Å². The van der Waals surface area contributed by atoms with E-state index in [1.54, 1.807) is 17.7 Å². The molecule has 0 spiro atoms. The smallest absolute Gasteiger partial charge is 0.160 e. The van der Waals surface area contributed by atoms with Gasteiger partial charge in [0.15, 0.2) is 5.65 Å². The first-order valence-electron chi connectivity index (χ1n) is 8.13. The van der Waals surface area contributed by atoms with Gasteiger partial charge < -0.3 is 4.90 Å². The fraction of sp³-hybridized carbons (Fsp3) is 0.294. The molecular formula is C17H16N6S. The van der Waals surface area contributed by atoms with Gasteiger partial charge in [0, 0.05) is 25.2 Å². The van der Waals surface area contributed by atoms with Crippen LogP contribution in [0.1, 0.15) is 24.6 Å². The van der Waals surface area contributed by atoms with Gasteiger partial charge in [-0.25, -0.2) is 9.97 Å². The van der Waals surface area contributed by atoms with Gasteiger partial charge in [-0.05, 0) is 36.4 Å². The largest absolute Gasteiger partial charge is 0.355 e. The lowest BCUT2D eigenvalue weighted by atomic mass is 9.97. The quantitative estimate of drug-likeness (QED) is 0.563. The van der Waals surface area contributed by atoms with E-state index in [1.165, 1.54) is 4.70 Å². The van der Waals surface area contributed by atoms with Crippen LogP contribution in [-0.2, 0) is 0 Å². The number of nitrogens with zero attached hydrogens (tertiary/aromatic N) is 6. The first-order chi connectivity index (χ1) is 11.9. The third-order valence-electron chi connectivity index (χ3n) is 4.65. The van der Waals surface area contributed by atoms with Gasteiger partial charge in [0.2, 0.25) is 0 Å². The second kappa shape index (κ2) is 5.52. The van der Waals surface area contributed by atoms with Crippen molar-refractivity contribution in [2.75, 3.05) is 18.0 Å². The van der Waals surface area contributed by atoms with E-state index in [2.05, 4.69) is 40.9 Å². The van der Waals surface area contributed by atoms with Crippen LogP contribution in [0.15, 0.2) is 42.2 Å². The van der Waals surface area contributed by atoms with E-state index in [-0.39, 0.29) is 0 Å². The van der Waals surface area contributed by atoms with Crippen LogP contribution >= 0.6 is 11.3 Å². The molecule has 120 valence electrons. The topological polar surface area (TPSA) is 59.2 Å². The minimum atomic E-state index is 0.362. The fourth-order valence-corrected chi connectivity index (χ4v) is 4.38. The third-order valence-corrected chi connectivity index (χ3v) is 5.55. The van der Waals surface area contributed by atoms with E-state index < -0.39 is 0 Å². The van der Waals surface area contributed by atoms with Crippen LogP contribution in [0.4, 0.5) is 5.82 Å². The van der Waals surface area contributed by atoms with Crippen LogP contribution in [0.2, 0.25) is 0 Å². The fourth-order valence-electron chi connectivity index (χ4n) is 3.52. The minimum Gasteiger partial charge on any atom is -0.355 e. The highest BCUT2D eigenvalue weighted by Gasteiger charge is 2.27. The van der Waals surface area contributed by atoms with Gasteiger partial charge in [0.1, 0.15) is 18.0 Å². The molecule has 1 atom stereocenters. The Labute approximate surface area is 142 Å². The Bertz CT molecular complexity index is 1010. The molecule has 5 rings (SSSR count). The molecule has 4 aromatic heterocycles. The molecular weight excluding hydrogens is 320 g/mol. The summed E-state index contributed by atoms with van der Waals surface area (Å²) in [5.41, 5.74) is 1.94. The molecule has 0 saturated carbocycles. The summed E-state index contributed by atoms with van der Waals surface area (Å²) in [5, 5.41) is 10.8. The minimum absolute atomic E-state index is 0.362. The number of fused-ring (bicyclic) bond motifs is 2. The Morgan fingerprint density at radius 3 is 3.12 bits per heavy atom. The molecule has 6 nitrogen and oxygen atoms in total. The first-order valence-corrected chi connectivity index (χ1v) is 9.01. The van der Waals surface area contributed by atoms with E-state index in [0.29, 0.717) is 5.92 Å². The van der Waals surface area contributed by atoms with E-state index in [1.807, 2.05) is 24.4 Å². The highest BCUT2D eigenvalue weighted by Crippen LogP contribution is 2.33. The molecule has 0 bridgehead atoms. The van der Waals surface area contributed by atoms with Gasteiger partial charge in [-0.2, -0.15) is 0 Å². The number of anilines is 1.